The third-order valence-corrected chi connectivity index (χ3v) is 3.68. The van der Waals surface area contributed by atoms with Crippen molar-refractivity contribution in [2.24, 2.45) is 0 Å². The molecule has 0 aliphatic rings. The number of alkyl halides is 3. The van der Waals surface area contributed by atoms with E-state index in [0.29, 0.717) is 10.1 Å². The molecule has 25 heavy (non-hydrogen) atoms. The lowest BCUT2D eigenvalue weighted by molar-refractivity contribution is -0.384. The van der Waals surface area contributed by atoms with Crippen molar-refractivity contribution in [2.75, 3.05) is 0 Å². The molecule has 0 aliphatic carbocycles. The third-order valence-electron chi connectivity index (χ3n) is 3.68. The van der Waals surface area contributed by atoms with Gasteiger partial charge in [0.1, 0.15) is 5.69 Å². The molecule has 0 saturated heterocycles. The number of halogens is 3. The maximum Gasteiger partial charge on any atom is 0.431 e. The fourth-order valence-corrected chi connectivity index (χ4v) is 2.48. The van der Waals surface area contributed by atoms with E-state index in [9.17, 15) is 32.9 Å². The van der Waals surface area contributed by atoms with E-state index in [2.05, 4.69) is 0 Å². The van der Waals surface area contributed by atoms with E-state index < -0.39 is 33.6 Å². The lowest BCUT2D eigenvalue weighted by atomic mass is 10.2. The minimum Gasteiger partial charge on any atom is -0.301 e. The van der Waals surface area contributed by atoms with Crippen LogP contribution in [-0.2, 0) is 6.18 Å². The Morgan fingerprint density at radius 2 is 1.88 bits per heavy atom. The topological polar surface area (TPSA) is 103 Å². The van der Waals surface area contributed by atoms with Gasteiger partial charge in [0.15, 0.2) is 0 Å². The first-order chi connectivity index (χ1) is 11.6. The molecule has 1 N–H and O–H groups in total. The molecule has 0 saturated carbocycles. The van der Waals surface area contributed by atoms with Gasteiger partial charge in [0.2, 0.25) is 0 Å². The number of hydrogen-bond acceptors (Lipinski definition) is 4. The molecule has 1 aromatic carbocycles. The standard InChI is InChI=1S/C14H9F3N4O4/c1-7-11(14(15,16)17)18-13(23)20(12(7)22)19-5-4-8-2-3-9(21(24)25)6-10(8)19/h2-6H,1H3,(H,18,23). The van der Waals surface area contributed by atoms with Gasteiger partial charge < -0.3 is 4.98 Å². The van der Waals surface area contributed by atoms with Crippen LogP contribution in [0.1, 0.15) is 11.3 Å². The molecule has 2 heterocycles. The summed E-state index contributed by atoms with van der Waals surface area (Å²) in [5.41, 5.74) is -4.78. The lowest BCUT2D eigenvalue weighted by Gasteiger charge is -2.13. The van der Waals surface area contributed by atoms with Gasteiger partial charge >= 0.3 is 11.9 Å². The van der Waals surface area contributed by atoms with E-state index in [-0.39, 0.29) is 11.2 Å². The second kappa shape index (κ2) is 5.33. The number of H-pyrrole nitrogens is 1. The van der Waals surface area contributed by atoms with Crippen LogP contribution in [0.3, 0.4) is 0 Å². The van der Waals surface area contributed by atoms with Gasteiger partial charge in [-0.05, 0) is 19.1 Å². The van der Waals surface area contributed by atoms with E-state index in [4.69, 9.17) is 0 Å². The molecule has 8 nitrogen and oxygen atoms in total. The second-order valence-electron chi connectivity index (χ2n) is 5.21. The molecule has 11 heteroatoms. The Bertz CT molecular complexity index is 1120. The Balaban J connectivity index is 2.35. The normalized spacial score (nSPS) is 11.8. The summed E-state index contributed by atoms with van der Waals surface area (Å²) in [6.45, 7) is 0.936. The molecular formula is C14H9F3N4O4. The quantitative estimate of drug-likeness (QED) is 0.562. The van der Waals surface area contributed by atoms with Crippen LogP contribution in [0.4, 0.5) is 18.9 Å². The maximum atomic E-state index is 12.9. The van der Waals surface area contributed by atoms with Gasteiger partial charge in [-0.15, -0.1) is 0 Å². The number of fused-ring (bicyclic) bond motifs is 1. The number of nitrogens with zero attached hydrogens (tertiary/aromatic N) is 3. The molecule has 0 fully saturated rings. The van der Waals surface area contributed by atoms with Crippen LogP contribution in [0.2, 0.25) is 0 Å². The molecule has 0 bridgehead atoms. The van der Waals surface area contributed by atoms with Crippen LogP contribution < -0.4 is 11.2 Å². The van der Waals surface area contributed by atoms with Crippen LogP contribution in [0.15, 0.2) is 40.1 Å². The van der Waals surface area contributed by atoms with Gasteiger partial charge in [-0.1, -0.05) is 0 Å². The Labute approximate surface area is 135 Å². The highest BCUT2D eigenvalue weighted by Crippen LogP contribution is 2.28. The number of hydrogen-bond donors (Lipinski definition) is 1. The number of rotatable bonds is 2. The first-order valence-electron chi connectivity index (χ1n) is 6.80. The predicted octanol–water partition coefficient (Wildman–Crippen LogP) is 2.04. The Morgan fingerprint density at radius 3 is 2.48 bits per heavy atom. The summed E-state index contributed by atoms with van der Waals surface area (Å²) >= 11 is 0. The van der Waals surface area contributed by atoms with Crippen LogP contribution in [0, 0.1) is 17.0 Å². The molecule has 2 aromatic heterocycles. The Morgan fingerprint density at radius 1 is 1.20 bits per heavy atom. The minimum absolute atomic E-state index is 0.126. The summed E-state index contributed by atoms with van der Waals surface area (Å²) < 4.78 is 40.1. The van der Waals surface area contributed by atoms with Gasteiger partial charge in [-0.2, -0.15) is 17.8 Å². The number of non-ortho nitro benzene ring substituents is 1. The lowest BCUT2D eigenvalue weighted by Crippen LogP contribution is -2.42. The van der Waals surface area contributed by atoms with Crippen molar-refractivity contribution in [3.05, 3.63) is 72.7 Å². The van der Waals surface area contributed by atoms with Crippen molar-refractivity contribution in [3.63, 3.8) is 0 Å². The Kier molecular flexibility index (Phi) is 3.51. The minimum atomic E-state index is -4.89. The van der Waals surface area contributed by atoms with Crippen molar-refractivity contribution in [1.82, 2.24) is 14.3 Å². The zero-order chi connectivity index (χ0) is 18.5. The average molecular weight is 354 g/mol. The first-order valence-corrected chi connectivity index (χ1v) is 6.80. The van der Waals surface area contributed by atoms with E-state index in [1.807, 2.05) is 0 Å². The highest BCUT2D eigenvalue weighted by Gasteiger charge is 2.35. The summed E-state index contributed by atoms with van der Waals surface area (Å²) in [5, 5.41) is 11.4. The summed E-state index contributed by atoms with van der Waals surface area (Å²) in [6.07, 6.45) is -3.63. The maximum absolute atomic E-state index is 12.9. The first kappa shape index (κ1) is 16.5. The smallest absolute Gasteiger partial charge is 0.301 e. The molecule has 0 aliphatic heterocycles. The van der Waals surface area contributed by atoms with Gasteiger partial charge in [0.05, 0.1) is 10.4 Å². The van der Waals surface area contributed by atoms with Crippen molar-refractivity contribution < 1.29 is 18.1 Å². The highest BCUT2D eigenvalue weighted by atomic mass is 19.4. The van der Waals surface area contributed by atoms with Crippen molar-refractivity contribution >= 4 is 16.6 Å². The zero-order valence-corrected chi connectivity index (χ0v) is 12.5. The fourth-order valence-electron chi connectivity index (χ4n) is 2.48. The molecule has 0 radical (unpaired) electrons. The van der Waals surface area contributed by atoms with Crippen molar-refractivity contribution in [1.29, 1.82) is 0 Å². The Hall–Kier alpha value is -3.37. The monoisotopic (exact) mass is 354 g/mol. The van der Waals surface area contributed by atoms with E-state index in [1.54, 1.807) is 4.98 Å². The van der Waals surface area contributed by atoms with Crippen molar-refractivity contribution in [3.8, 4) is 0 Å². The van der Waals surface area contributed by atoms with Crippen LogP contribution in [-0.4, -0.2) is 19.3 Å². The largest absolute Gasteiger partial charge is 0.431 e. The zero-order valence-electron chi connectivity index (χ0n) is 12.5. The summed E-state index contributed by atoms with van der Waals surface area (Å²) in [4.78, 5) is 36.2. The van der Waals surface area contributed by atoms with Crippen LogP contribution >= 0.6 is 0 Å². The number of aromatic amines is 1. The van der Waals surface area contributed by atoms with Gasteiger partial charge in [-0.25, -0.2) is 9.47 Å². The molecular weight excluding hydrogens is 345 g/mol. The number of nitro benzene ring substituents is 1. The van der Waals surface area contributed by atoms with E-state index in [0.717, 1.165) is 17.7 Å². The third kappa shape index (κ3) is 2.58. The van der Waals surface area contributed by atoms with Gasteiger partial charge in [-0.3, -0.25) is 14.9 Å². The number of aromatic nitrogens is 3. The molecule has 3 aromatic rings. The van der Waals surface area contributed by atoms with Crippen LogP contribution in [0.5, 0.6) is 0 Å². The predicted molar refractivity (Wildman–Crippen MR) is 80.5 cm³/mol. The fraction of sp³-hybridized carbons (Fsp3) is 0.143. The van der Waals surface area contributed by atoms with E-state index >= 15 is 0 Å². The molecule has 0 unspecified atom stereocenters. The van der Waals surface area contributed by atoms with Crippen LogP contribution in [0.25, 0.3) is 10.9 Å². The summed E-state index contributed by atoms with van der Waals surface area (Å²) in [7, 11) is 0. The van der Waals surface area contributed by atoms with Gasteiger partial charge in [0, 0.05) is 29.3 Å². The summed E-state index contributed by atoms with van der Waals surface area (Å²) in [6, 6.07) is 5.23. The van der Waals surface area contributed by atoms with Gasteiger partial charge in [0.25, 0.3) is 11.2 Å². The molecule has 130 valence electrons. The molecule has 0 spiro atoms. The molecule has 0 atom stereocenters. The van der Waals surface area contributed by atoms with Crippen molar-refractivity contribution in [2.45, 2.75) is 13.1 Å². The number of benzene rings is 1. The SMILES string of the molecule is Cc1c(C(F)(F)F)[nH]c(=O)n(-n2ccc3ccc([N+](=O)[O-])cc32)c1=O. The second-order valence-corrected chi connectivity index (χ2v) is 5.21. The molecule has 0 amide bonds. The number of nitro groups is 1. The number of nitrogens with one attached hydrogen (secondary N) is 1. The van der Waals surface area contributed by atoms with E-state index in [1.165, 1.54) is 24.4 Å². The summed E-state index contributed by atoms with van der Waals surface area (Å²) in [5.74, 6) is 0. The highest BCUT2D eigenvalue weighted by molar-refractivity contribution is 5.82. The average Bonchev–Trinajstić information content (AvgIpc) is 2.93. The molecule has 3 rings (SSSR count).